The van der Waals surface area contributed by atoms with Crippen molar-refractivity contribution in [1.29, 1.82) is 0 Å². The van der Waals surface area contributed by atoms with Crippen LogP contribution in [0.5, 0.6) is 0 Å². The van der Waals surface area contributed by atoms with Crippen LogP contribution >= 0.6 is 23.2 Å². The molecule has 0 unspecified atom stereocenters. The van der Waals surface area contributed by atoms with E-state index in [1.54, 1.807) is 0 Å². The Morgan fingerprint density at radius 2 is 1.76 bits per heavy atom. The first-order valence-corrected chi connectivity index (χ1v) is 7.26. The molecule has 0 atom stereocenters. The van der Waals surface area contributed by atoms with Crippen molar-refractivity contribution in [3.05, 3.63) is 32.3 Å². The summed E-state index contributed by atoms with van der Waals surface area (Å²) in [6, 6.07) is 2.32. The molecule has 1 aliphatic carbocycles. The first kappa shape index (κ1) is 15.9. The number of anilines is 1. The number of aliphatic carboxylic acids is 1. The third-order valence-electron chi connectivity index (χ3n) is 3.72. The van der Waals surface area contributed by atoms with Gasteiger partial charge in [-0.3, -0.25) is 10.1 Å². The Hall–Kier alpha value is -1.53. The molecule has 6 nitrogen and oxygen atoms in total. The number of nitrogens with zero attached hydrogens (tertiary/aromatic N) is 1. The lowest BCUT2D eigenvalue weighted by Gasteiger charge is -2.35. The SMILES string of the molecule is O=C(O)C1(Nc2c(Cl)cc([N+](=O)[O-])cc2Cl)CCCCC1. The van der Waals surface area contributed by atoms with Gasteiger partial charge in [0.2, 0.25) is 0 Å². The van der Waals surface area contributed by atoms with Crippen LogP contribution in [0.1, 0.15) is 32.1 Å². The van der Waals surface area contributed by atoms with E-state index in [1.165, 1.54) is 0 Å². The zero-order valence-electron chi connectivity index (χ0n) is 11.1. The summed E-state index contributed by atoms with van der Waals surface area (Å²) in [6.07, 6.45) is 3.50. The van der Waals surface area contributed by atoms with E-state index in [0.717, 1.165) is 31.4 Å². The predicted octanol–water partition coefficient (Wildman–Crippen LogP) is 4.10. The van der Waals surface area contributed by atoms with Gasteiger partial charge >= 0.3 is 5.97 Å². The minimum atomic E-state index is -1.12. The Labute approximate surface area is 131 Å². The van der Waals surface area contributed by atoms with Crippen LogP contribution in [0, 0.1) is 10.1 Å². The molecule has 8 heteroatoms. The molecule has 1 aromatic carbocycles. The van der Waals surface area contributed by atoms with Crippen LogP contribution in [0.2, 0.25) is 10.0 Å². The Morgan fingerprint density at radius 3 is 2.19 bits per heavy atom. The number of carboxylic acids is 1. The van der Waals surface area contributed by atoms with E-state index in [9.17, 15) is 20.0 Å². The highest BCUT2D eigenvalue weighted by Crippen LogP contribution is 2.39. The number of benzene rings is 1. The quantitative estimate of drug-likeness (QED) is 0.639. The lowest BCUT2D eigenvalue weighted by atomic mass is 9.81. The van der Waals surface area contributed by atoms with Gasteiger partial charge in [0, 0.05) is 12.1 Å². The zero-order chi connectivity index (χ0) is 15.6. The third-order valence-corrected chi connectivity index (χ3v) is 4.31. The molecule has 2 rings (SSSR count). The Bertz CT molecular complexity index is 563. The lowest BCUT2D eigenvalue weighted by molar-refractivity contribution is -0.384. The van der Waals surface area contributed by atoms with Crippen LogP contribution in [0.15, 0.2) is 12.1 Å². The molecule has 0 radical (unpaired) electrons. The van der Waals surface area contributed by atoms with Crippen LogP contribution < -0.4 is 5.32 Å². The molecular formula is C13H14Cl2N2O4. The minimum absolute atomic E-state index is 0.0420. The molecule has 0 heterocycles. The van der Waals surface area contributed by atoms with Gasteiger partial charge < -0.3 is 10.4 Å². The molecule has 1 fully saturated rings. The molecule has 2 N–H and O–H groups in total. The molecule has 1 aromatic rings. The van der Waals surface area contributed by atoms with Crippen LogP contribution in [0.3, 0.4) is 0 Å². The topological polar surface area (TPSA) is 92.5 Å². The molecule has 0 saturated heterocycles. The molecule has 0 bridgehead atoms. The summed E-state index contributed by atoms with van der Waals surface area (Å²) in [4.78, 5) is 21.8. The maximum absolute atomic E-state index is 11.6. The van der Waals surface area contributed by atoms with Gasteiger partial charge in [0.25, 0.3) is 5.69 Å². The Morgan fingerprint density at radius 1 is 1.24 bits per heavy atom. The summed E-state index contributed by atoms with van der Waals surface area (Å²) in [6.45, 7) is 0. The number of nitro benzene ring substituents is 1. The average molecular weight is 333 g/mol. The monoisotopic (exact) mass is 332 g/mol. The van der Waals surface area contributed by atoms with Crippen molar-refractivity contribution in [2.45, 2.75) is 37.6 Å². The first-order chi connectivity index (χ1) is 9.85. The fourth-order valence-corrected chi connectivity index (χ4v) is 3.14. The fraction of sp³-hybridized carbons (Fsp3) is 0.462. The van der Waals surface area contributed by atoms with Crippen LogP contribution in [-0.2, 0) is 4.79 Å². The summed E-state index contributed by atoms with van der Waals surface area (Å²) >= 11 is 12.0. The van der Waals surface area contributed by atoms with E-state index in [4.69, 9.17) is 23.2 Å². The molecule has 114 valence electrons. The van der Waals surface area contributed by atoms with Crippen molar-refractivity contribution in [3.63, 3.8) is 0 Å². The standard InChI is InChI=1S/C13H14Cl2N2O4/c14-9-6-8(17(20)21)7-10(15)11(9)16-13(12(18)19)4-2-1-3-5-13/h6-7,16H,1-5H2,(H,18,19). The average Bonchev–Trinajstić information content (AvgIpc) is 2.43. The van der Waals surface area contributed by atoms with Crippen molar-refractivity contribution < 1.29 is 14.8 Å². The van der Waals surface area contributed by atoms with Crippen molar-refractivity contribution in [3.8, 4) is 0 Å². The second-order valence-electron chi connectivity index (χ2n) is 5.11. The second-order valence-corrected chi connectivity index (χ2v) is 5.93. The number of carboxylic acid groups (broad SMARTS) is 1. The van der Waals surface area contributed by atoms with E-state index in [-0.39, 0.29) is 21.4 Å². The number of carbonyl (C=O) groups is 1. The summed E-state index contributed by atoms with van der Waals surface area (Å²) in [5, 5.41) is 23.3. The van der Waals surface area contributed by atoms with Crippen LogP contribution in [0.25, 0.3) is 0 Å². The highest BCUT2D eigenvalue weighted by Gasteiger charge is 2.40. The van der Waals surface area contributed by atoms with Gasteiger partial charge in [0.05, 0.1) is 20.7 Å². The van der Waals surface area contributed by atoms with Gasteiger partial charge in [-0.05, 0) is 12.8 Å². The molecule has 0 aromatic heterocycles. The number of non-ortho nitro benzene ring substituents is 1. The fourth-order valence-electron chi connectivity index (χ4n) is 2.57. The first-order valence-electron chi connectivity index (χ1n) is 6.51. The summed E-state index contributed by atoms with van der Waals surface area (Å²) < 4.78 is 0. The van der Waals surface area contributed by atoms with E-state index >= 15 is 0 Å². The maximum atomic E-state index is 11.6. The number of halogens is 2. The number of nitrogens with one attached hydrogen (secondary N) is 1. The molecule has 21 heavy (non-hydrogen) atoms. The summed E-state index contributed by atoms with van der Waals surface area (Å²) in [5.74, 6) is -0.965. The van der Waals surface area contributed by atoms with Gasteiger partial charge in [-0.1, -0.05) is 42.5 Å². The Kier molecular flexibility index (Phi) is 4.58. The minimum Gasteiger partial charge on any atom is -0.480 e. The van der Waals surface area contributed by atoms with Gasteiger partial charge in [0.15, 0.2) is 0 Å². The van der Waals surface area contributed by atoms with E-state index in [1.807, 2.05) is 0 Å². The zero-order valence-corrected chi connectivity index (χ0v) is 12.6. The molecule has 1 saturated carbocycles. The smallest absolute Gasteiger partial charge is 0.329 e. The summed E-state index contributed by atoms with van der Waals surface area (Å²) in [7, 11) is 0. The van der Waals surface area contributed by atoms with E-state index in [0.29, 0.717) is 12.8 Å². The van der Waals surface area contributed by atoms with E-state index < -0.39 is 16.4 Å². The molecule has 1 aliphatic rings. The molecule has 0 amide bonds. The maximum Gasteiger partial charge on any atom is 0.329 e. The molecule has 0 aliphatic heterocycles. The van der Waals surface area contributed by atoms with Gasteiger partial charge in [-0.25, -0.2) is 4.79 Å². The third kappa shape index (κ3) is 3.22. The lowest BCUT2D eigenvalue weighted by Crippen LogP contribution is -2.48. The number of hydrogen-bond acceptors (Lipinski definition) is 4. The van der Waals surface area contributed by atoms with Gasteiger partial charge in [-0.15, -0.1) is 0 Å². The van der Waals surface area contributed by atoms with Crippen molar-refractivity contribution >= 4 is 40.5 Å². The van der Waals surface area contributed by atoms with Crippen molar-refractivity contribution in [2.24, 2.45) is 0 Å². The number of rotatable bonds is 4. The summed E-state index contributed by atoms with van der Waals surface area (Å²) in [5.41, 5.74) is -1.13. The highest BCUT2D eigenvalue weighted by atomic mass is 35.5. The highest BCUT2D eigenvalue weighted by molar-refractivity contribution is 6.39. The molecule has 0 spiro atoms. The largest absolute Gasteiger partial charge is 0.480 e. The van der Waals surface area contributed by atoms with Gasteiger partial charge in [0.1, 0.15) is 5.54 Å². The van der Waals surface area contributed by atoms with Crippen molar-refractivity contribution in [2.75, 3.05) is 5.32 Å². The van der Waals surface area contributed by atoms with E-state index in [2.05, 4.69) is 5.32 Å². The number of hydrogen-bond donors (Lipinski definition) is 2. The second kappa shape index (κ2) is 6.07. The normalized spacial score (nSPS) is 17.2. The Balaban J connectivity index is 2.37. The van der Waals surface area contributed by atoms with Crippen molar-refractivity contribution in [1.82, 2.24) is 0 Å². The van der Waals surface area contributed by atoms with Crippen LogP contribution in [-0.4, -0.2) is 21.5 Å². The van der Waals surface area contributed by atoms with Crippen LogP contribution in [0.4, 0.5) is 11.4 Å². The predicted molar refractivity (Wildman–Crippen MR) is 80.2 cm³/mol. The van der Waals surface area contributed by atoms with Gasteiger partial charge in [-0.2, -0.15) is 0 Å². The number of nitro groups is 1. The molecular weight excluding hydrogens is 319 g/mol.